The fourth-order valence-corrected chi connectivity index (χ4v) is 3.03. The first kappa shape index (κ1) is 19.3. The second-order valence-corrected chi connectivity index (χ2v) is 6.82. The van der Waals surface area contributed by atoms with Crippen molar-refractivity contribution in [2.24, 2.45) is 5.41 Å². The van der Waals surface area contributed by atoms with Gasteiger partial charge in [-0.25, -0.2) is 0 Å². The van der Waals surface area contributed by atoms with Crippen LogP contribution in [0.15, 0.2) is 10.6 Å². The van der Waals surface area contributed by atoms with Gasteiger partial charge in [-0.05, 0) is 19.8 Å². The minimum Gasteiger partial charge on any atom is -0.481 e. The largest absolute Gasteiger partial charge is 0.481 e. The highest BCUT2D eigenvalue weighted by Crippen LogP contribution is 2.30. The van der Waals surface area contributed by atoms with E-state index in [0.29, 0.717) is 37.6 Å². The van der Waals surface area contributed by atoms with Crippen LogP contribution in [0.4, 0.5) is 5.82 Å². The van der Waals surface area contributed by atoms with Crippen molar-refractivity contribution in [1.29, 1.82) is 0 Å². The van der Waals surface area contributed by atoms with Gasteiger partial charge in [-0.2, -0.15) is 0 Å². The molecule has 1 aromatic heterocycles. The number of carbonyl (C=O) groups is 3. The molecule has 1 aliphatic rings. The molecule has 2 rings (SSSR count). The summed E-state index contributed by atoms with van der Waals surface area (Å²) in [6.45, 7) is 2.52. The summed E-state index contributed by atoms with van der Waals surface area (Å²) in [5, 5.41) is 18.3. The van der Waals surface area contributed by atoms with Gasteiger partial charge < -0.3 is 25.0 Å². The highest BCUT2D eigenvalue weighted by Gasteiger charge is 2.40. The Hall–Kier alpha value is -2.07. The number of carboxylic acid groups (broad SMARTS) is 1. The van der Waals surface area contributed by atoms with E-state index in [1.165, 1.54) is 0 Å². The smallest absolute Gasteiger partial charge is 0.311 e. The molecule has 0 radical (unpaired) electrons. The molecule has 0 aliphatic carbocycles. The van der Waals surface area contributed by atoms with Gasteiger partial charge in [-0.15, -0.1) is 11.8 Å². The van der Waals surface area contributed by atoms with Crippen LogP contribution < -0.4 is 10.6 Å². The number of carbonyl (C=O) groups excluding carboxylic acids is 2. The maximum atomic E-state index is 11.9. The standard InChI is InChI=1S/C15H21N3O6S/c1-10-6-11(18-24-10)17-13(20)8-25-7-12(19)16-9-15(14(21)22)2-4-23-5-3-15/h6H,2-5,7-9H2,1H3,(H,16,19)(H,21,22)(H,17,18,20). The van der Waals surface area contributed by atoms with E-state index in [2.05, 4.69) is 15.8 Å². The molecule has 2 heterocycles. The van der Waals surface area contributed by atoms with Crippen LogP contribution in [-0.2, 0) is 19.1 Å². The second-order valence-electron chi connectivity index (χ2n) is 5.84. The van der Waals surface area contributed by atoms with Crippen LogP contribution >= 0.6 is 11.8 Å². The topological polar surface area (TPSA) is 131 Å². The van der Waals surface area contributed by atoms with Crippen molar-refractivity contribution in [2.75, 3.05) is 36.6 Å². The SMILES string of the molecule is Cc1cc(NC(=O)CSCC(=O)NCC2(C(=O)O)CCOCC2)no1. The number of anilines is 1. The van der Waals surface area contributed by atoms with Gasteiger partial charge in [-0.3, -0.25) is 14.4 Å². The van der Waals surface area contributed by atoms with Crippen LogP contribution in [0.1, 0.15) is 18.6 Å². The third-order valence-corrected chi connectivity index (χ3v) is 4.82. The number of carboxylic acids is 1. The fourth-order valence-electron chi connectivity index (χ4n) is 2.39. The van der Waals surface area contributed by atoms with Crippen molar-refractivity contribution in [3.05, 3.63) is 11.8 Å². The Morgan fingerprint density at radius 1 is 1.28 bits per heavy atom. The first-order valence-corrected chi connectivity index (χ1v) is 8.95. The molecule has 0 unspecified atom stereocenters. The normalized spacial score (nSPS) is 16.2. The molecule has 0 saturated carbocycles. The predicted molar refractivity (Wildman–Crippen MR) is 90.3 cm³/mol. The van der Waals surface area contributed by atoms with Crippen molar-refractivity contribution in [1.82, 2.24) is 10.5 Å². The number of nitrogens with zero attached hydrogens (tertiary/aromatic N) is 1. The Bertz CT molecular complexity index is 627. The van der Waals surface area contributed by atoms with E-state index in [1.807, 2.05) is 0 Å². The average Bonchev–Trinajstić information content (AvgIpc) is 2.98. The molecule has 1 aromatic rings. The summed E-state index contributed by atoms with van der Waals surface area (Å²) in [5.41, 5.74) is -0.971. The molecule has 3 N–H and O–H groups in total. The third-order valence-electron chi connectivity index (χ3n) is 3.89. The third kappa shape index (κ3) is 5.75. The van der Waals surface area contributed by atoms with Gasteiger partial charge in [-0.1, -0.05) is 5.16 Å². The lowest BCUT2D eigenvalue weighted by molar-refractivity contribution is -0.154. The van der Waals surface area contributed by atoms with E-state index in [-0.39, 0.29) is 29.9 Å². The zero-order chi connectivity index (χ0) is 18.3. The Labute approximate surface area is 148 Å². The number of aryl methyl sites for hydroxylation is 1. The molecule has 25 heavy (non-hydrogen) atoms. The maximum absolute atomic E-state index is 11.9. The highest BCUT2D eigenvalue weighted by atomic mass is 32.2. The summed E-state index contributed by atoms with van der Waals surface area (Å²) in [6.07, 6.45) is 0.741. The molecule has 1 saturated heterocycles. The molecule has 2 amide bonds. The maximum Gasteiger partial charge on any atom is 0.311 e. The lowest BCUT2D eigenvalue weighted by atomic mass is 9.80. The average molecular weight is 371 g/mol. The molecule has 0 spiro atoms. The van der Waals surface area contributed by atoms with Gasteiger partial charge in [0.25, 0.3) is 0 Å². The minimum atomic E-state index is -0.971. The molecule has 0 atom stereocenters. The van der Waals surface area contributed by atoms with Crippen molar-refractivity contribution in [3.63, 3.8) is 0 Å². The van der Waals surface area contributed by atoms with E-state index in [9.17, 15) is 19.5 Å². The number of amides is 2. The van der Waals surface area contributed by atoms with E-state index >= 15 is 0 Å². The summed E-state index contributed by atoms with van der Waals surface area (Å²) in [4.78, 5) is 35.1. The van der Waals surface area contributed by atoms with Crippen molar-refractivity contribution < 1.29 is 28.8 Å². The highest BCUT2D eigenvalue weighted by molar-refractivity contribution is 8.00. The Kier molecular flexibility index (Phi) is 6.82. The Morgan fingerprint density at radius 2 is 1.96 bits per heavy atom. The number of aromatic nitrogens is 1. The summed E-state index contributed by atoms with van der Waals surface area (Å²) >= 11 is 1.13. The number of nitrogens with one attached hydrogen (secondary N) is 2. The number of ether oxygens (including phenoxy) is 1. The molecular weight excluding hydrogens is 350 g/mol. The predicted octanol–water partition coefficient (Wildman–Crippen LogP) is 0.652. The van der Waals surface area contributed by atoms with Gasteiger partial charge in [0.1, 0.15) is 5.76 Å². The fraction of sp³-hybridized carbons (Fsp3) is 0.600. The molecule has 0 aromatic carbocycles. The summed E-state index contributed by atoms with van der Waals surface area (Å²) in [7, 11) is 0. The van der Waals surface area contributed by atoms with E-state index in [4.69, 9.17) is 9.26 Å². The molecule has 10 heteroatoms. The Morgan fingerprint density at radius 3 is 2.56 bits per heavy atom. The quantitative estimate of drug-likeness (QED) is 0.607. The van der Waals surface area contributed by atoms with Crippen LogP contribution in [0.5, 0.6) is 0 Å². The zero-order valence-corrected chi connectivity index (χ0v) is 14.7. The first-order valence-electron chi connectivity index (χ1n) is 7.80. The van der Waals surface area contributed by atoms with Crippen LogP contribution in [0, 0.1) is 12.3 Å². The number of hydrogen-bond acceptors (Lipinski definition) is 7. The van der Waals surface area contributed by atoms with E-state index < -0.39 is 11.4 Å². The lowest BCUT2D eigenvalue weighted by Gasteiger charge is -2.33. The Balaban J connectivity index is 1.68. The summed E-state index contributed by atoms with van der Waals surface area (Å²) < 4.78 is 10.0. The van der Waals surface area contributed by atoms with Gasteiger partial charge in [0.15, 0.2) is 5.82 Å². The van der Waals surface area contributed by atoms with Gasteiger partial charge in [0.05, 0.1) is 16.9 Å². The molecular formula is C15H21N3O6S. The molecule has 1 aliphatic heterocycles. The van der Waals surface area contributed by atoms with Crippen LogP contribution in [0.3, 0.4) is 0 Å². The number of aliphatic carboxylic acids is 1. The lowest BCUT2D eigenvalue weighted by Crippen LogP contribution is -2.47. The first-order chi connectivity index (χ1) is 11.9. The number of thioether (sulfide) groups is 1. The molecule has 138 valence electrons. The number of rotatable bonds is 8. The molecule has 1 fully saturated rings. The van der Waals surface area contributed by atoms with Gasteiger partial charge >= 0.3 is 5.97 Å². The monoisotopic (exact) mass is 371 g/mol. The minimum absolute atomic E-state index is 0.0650. The van der Waals surface area contributed by atoms with Crippen molar-refractivity contribution in [2.45, 2.75) is 19.8 Å². The van der Waals surface area contributed by atoms with Gasteiger partial charge in [0.2, 0.25) is 11.8 Å². The van der Waals surface area contributed by atoms with Crippen LogP contribution in [0.2, 0.25) is 0 Å². The zero-order valence-electron chi connectivity index (χ0n) is 13.9. The van der Waals surface area contributed by atoms with Crippen molar-refractivity contribution >= 4 is 35.4 Å². The van der Waals surface area contributed by atoms with Crippen LogP contribution in [-0.4, -0.2) is 59.3 Å². The molecule has 9 nitrogen and oxygen atoms in total. The van der Waals surface area contributed by atoms with E-state index in [0.717, 1.165) is 11.8 Å². The van der Waals surface area contributed by atoms with Crippen LogP contribution in [0.25, 0.3) is 0 Å². The van der Waals surface area contributed by atoms with Gasteiger partial charge in [0, 0.05) is 25.8 Å². The second kappa shape index (κ2) is 8.86. The number of hydrogen-bond donors (Lipinski definition) is 3. The van der Waals surface area contributed by atoms with Crippen molar-refractivity contribution in [3.8, 4) is 0 Å². The van der Waals surface area contributed by atoms with E-state index in [1.54, 1.807) is 13.0 Å². The summed E-state index contributed by atoms with van der Waals surface area (Å²) in [6, 6.07) is 1.59. The summed E-state index contributed by atoms with van der Waals surface area (Å²) in [5.74, 6) is -0.460. The molecule has 0 bridgehead atoms.